The second-order valence-corrected chi connectivity index (χ2v) is 7.48. The van der Waals surface area contributed by atoms with E-state index in [0.717, 1.165) is 34.5 Å². The molecule has 6 heteroatoms. The van der Waals surface area contributed by atoms with Crippen LogP contribution in [0.3, 0.4) is 0 Å². The Morgan fingerprint density at radius 3 is 2.43 bits per heavy atom. The molecule has 3 nitrogen and oxygen atoms in total. The molecule has 122 valence electrons. The van der Waals surface area contributed by atoms with Crippen molar-refractivity contribution in [3.8, 4) is 0 Å². The van der Waals surface area contributed by atoms with Crippen LogP contribution in [0, 0.1) is 5.82 Å². The van der Waals surface area contributed by atoms with Crippen molar-refractivity contribution in [3.63, 3.8) is 0 Å². The van der Waals surface area contributed by atoms with Crippen LogP contribution in [0.2, 0.25) is 0 Å². The van der Waals surface area contributed by atoms with Crippen molar-refractivity contribution in [3.05, 3.63) is 50.4 Å². The van der Waals surface area contributed by atoms with Gasteiger partial charge in [0.15, 0.2) is 0 Å². The smallest absolute Gasteiger partial charge is 0.264 e. The Labute approximate surface area is 147 Å². The lowest BCUT2D eigenvalue weighted by molar-refractivity contribution is 0.0751. The summed E-state index contributed by atoms with van der Waals surface area (Å²) in [5, 5.41) is 0. The summed E-state index contributed by atoms with van der Waals surface area (Å²) in [5.74, 6) is -0.119. The number of hydrogen-bond acceptors (Lipinski definition) is 3. The maximum Gasteiger partial charge on any atom is 0.264 e. The second-order valence-electron chi connectivity index (χ2n) is 5.49. The first-order valence-electron chi connectivity index (χ1n) is 7.66. The van der Waals surface area contributed by atoms with Gasteiger partial charge in [0.2, 0.25) is 0 Å². The number of aryl methyl sites for hydroxylation is 1. The van der Waals surface area contributed by atoms with Gasteiger partial charge in [-0.25, -0.2) is 4.39 Å². The normalized spacial score (nSPS) is 15.1. The van der Waals surface area contributed by atoms with Crippen LogP contribution in [0.25, 0.3) is 0 Å². The SMILES string of the molecule is CCc1sc(C(=O)N2CCN(c3ccc(F)cc3)CC2)cc1Br. The van der Waals surface area contributed by atoms with Crippen molar-refractivity contribution in [1.29, 1.82) is 0 Å². The fourth-order valence-corrected chi connectivity index (χ4v) is 4.59. The fraction of sp³-hybridized carbons (Fsp3) is 0.353. The topological polar surface area (TPSA) is 23.6 Å². The zero-order valence-corrected chi connectivity index (χ0v) is 15.3. The monoisotopic (exact) mass is 396 g/mol. The fourth-order valence-electron chi connectivity index (χ4n) is 2.73. The Balaban J connectivity index is 1.64. The molecule has 23 heavy (non-hydrogen) atoms. The van der Waals surface area contributed by atoms with E-state index in [4.69, 9.17) is 0 Å². The minimum absolute atomic E-state index is 0.106. The molecule has 0 spiro atoms. The lowest BCUT2D eigenvalue weighted by Gasteiger charge is -2.36. The quantitative estimate of drug-likeness (QED) is 0.776. The Morgan fingerprint density at radius 2 is 1.87 bits per heavy atom. The van der Waals surface area contributed by atoms with Crippen molar-refractivity contribution in [2.75, 3.05) is 31.1 Å². The van der Waals surface area contributed by atoms with E-state index in [0.29, 0.717) is 13.1 Å². The minimum atomic E-state index is -0.224. The number of hydrogen-bond donors (Lipinski definition) is 0. The van der Waals surface area contributed by atoms with E-state index in [1.807, 2.05) is 11.0 Å². The first-order valence-corrected chi connectivity index (χ1v) is 9.27. The second kappa shape index (κ2) is 7.01. The number of carbonyl (C=O) groups excluding carboxylic acids is 1. The molecule has 1 fully saturated rings. The van der Waals surface area contributed by atoms with Crippen molar-refractivity contribution < 1.29 is 9.18 Å². The van der Waals surface area contributed by atoms with E-state index in [1.165, 1.54) is 17.0 Å². The number of benzene rings is 1. The van der Waals surface area contributed by atoms with Gasteiger partial charge in [-0.1, -0.05) is 6.92 Å². The van der Waals surface area contributed by atoms with Crippen LogP contribution in [0.15, 0.2) is 34.8 Å². The molecule has 0 atom stereocenters. The van der Waals surface area contributed by atoms with Crippen LogP contribution in [-0.4, -0.2) is 37.0 Å². The average molecular weight is 397 g/mol. The van der Waals surface area contributed by atoms with Gasteiger partial charge >= 0.3 is 0 Å². The molecular formula is C17H18BrFN2OS. The Morgan fingerprint density at radius 1 is 1.22 bits per heavy atom. The molecule has 1 aliphatic rings. The molecule has 2 aromatic rings. The van der Waals surface area contributed by atoms with E-state index in [2.05, 4.69) is 27.8 Å². The third-order valence-electron chi connectivity index (χ3n) is 4.05. The van der Waals surface area contributed by atoms with Gasteiger partial charge in [-0.05, 0) is 52.7 Å². The van der Waals surface area contributed by atoms with E-state index in [-0.39, 0.29) is 11.7 Å². The summed E-state index contributed by atoms with van der Waals surface area (Å²) in [6, 6.07) is 8.45. The van der Waals surface area contributed by atoms with Gasteiger partial charge in [0, 0.05) is 41.2 Å². The summed E-state index contributed by atoms with van der Waals surface area (Å²) in [6.45, 7) is 5.00. The molecule has 1 amide bonds. The van der Waals surface area contributed by atoms with Crippen LogP contribution in [0.4, 0.5) is 10.1 Å². The number of anilines is 1. The van der Waals surface area contributed by atoms with Gasteiger partial charge in [-0.2, -0.15) is 0 Å². The molecule has 0 unspecified atom stereocenters. The summed E-state index contributed by atoms with van der Waals surface area (Å²) < 4.78 is 14.0. The van der Waals surface area contributed by atoms with Crippen LogP contribution in [0.1, 0.15) is 21.5 Å². The molecule has 0 aliphatic carbocycles. The summed E-state index contributed by atoms with van der Waals surface area (Å²) >= 11 is 5.08. The van der Waals surface area contributed by atoms with E-state index >= 15 is 0 Å². The summed E-state index contributed by atoms with van der Waals surface area (Å²) in [7, 11) is 0. The molecule has 0 radical (unpaired) electrons. The highest BCUT2D eigenvalue weighted by atomic mass is 79.9. The van der Waals surface area contributed by atoms with Crippen molar-refractivity contribution in [2.24, 2.45) is 0 Å². The average Bonchev–Trinajstić information content (AvgIpc) is 2.96. The van der Waals surface area contributed by atoms with Gasteiger partial charge in [0.25, 0.3) is 5.91 Å². The van der Waals surface area contributed by atoms with Crippen LogP contribution >= 0.6 is 27.3 Å². The van der Waals surface area contributed by atoms with Crippen LogP contribution in [-0.2, 0) is 6.42 Å². The van der Waals surface area contributed by atoms with E-state index in [9.17, 15) is 9.18 Å². The molecule has 1 aromatic heterocycles. The summed E-state index contributed by atoms with van der Waals surface area (Å²) in [4.78, 5) is 18.7. The van der Waals surface area contributed by atoms with Gasteiger partial charge in [0.1, 0.15) is 5.82 Å². The van der Waals surface area contributed by atoms with Crippen molar-refractivity contribution >= 4 is 38.9 Å². The zero-order valence-electron chi connectivity index (χ0n) is 12.9. The molecule has 0 bridgehead atoms. The lowest BCUT2D eigenvalue weighted by Crippen LogP contribution is -2.48. The van der Waals surface area contributed by atoms with Gasteiger partial charge < -0.3 is 9.80 Å². The Hall–Kier alpha value is -1.40. The third kappa shape index (κ3) is 3.58. The molecule has 3 rings (SSSR count). The van der Waals surface area contributed by atoms with E-state index < -0.39 is 0 Å². The number of rotatable bonds is 3. The number of piperazine rings is 1. The highest BCUT2D eigenvalue weighted by Crippen LogP contribution is 2.29. The summed E-state index contributed by atoms with van der Waals surface area (Å²) in [6.07, 6.45) is 0.927. The lowest BCUT2D eigenvalue weighted by atomic mass is 10.2. The first-order chi connectivity index (χ1) is 11.1. The number of carbonyl (C=O) groups is 1. The first kappa shape index (κ1) is 16.5. The largest absolute Gasteiger partial charge is 0.368 e. The Kier molecular flexibility index (Phi) is 5.02. The minimum Gasteiger partial charge on any atom is -0.368 e. The van der Waals surface area contributed by atoms with Crippen LogP contribution < -0.4 is 4.90 Å². The zero-order chi connectivity index (χ0) is 16.4. The number of thiophene rings is 1. The molecule has 0 saturated carbocycles. The van der Waals surface area contributed by atoms with Crippen molar-refractivity contribution in [1.82, 2.24) is 4.90 Å². The van der Waals surface area contributed by atoms with Crippen molar-refractivity contribution in [2.45, 2.75) is 13.3 Å². The Bertz CT molecular complexity index is 693. The molecule has 2 heterocycles. The molecule has 1 aliphatic heterocycles. The number of nitrogens with zero attached hydrogens (tertiary/aromatic N) is 2. The van der Waals surface area contributed by atoms with Gasteiger partial charge in [-0.3, -0.25) is 4.79 Å². The molecular weight excluding hydrogens is 379 g/mol. The standard InChI is InChI=1S/C17H18BrFN2OS/c1-2-15-14(18)11-16(23-15)17(22)21-9-7-20(8-10-21)13-5-3-12(19)4-6-13/h3-6,11H,2,7-10H2,1H3. The highest BCUT2D eigenvalue weighted by Gasteiger charge is 2.24. The van der Waals surface area contributed by atoms with E-state index in [1.54, 1.807) is 23.5 Å². The predicted octanol–water partition coefficient (Wildman–Crippen LogP) is 4.17. The summed E-state index contributed by atoms with van der Waals surface area (Å²) in [5.41, 5.74) is 1.01. The number of halogens is 2. The van der Waals surface area contributed by atoms with Crippen LogP contribution in [0.5, 0.6) is 0 Å². The maximum absolute atomic E-state index is 13.0. The number of amides is 1. The maximum atomic E-state index is 13.0. The third-order valence-corrected chi connectivity index (χ3v) is 6.29. The molecule has 0 N–H and O–H groups in total. The van der Waals surface area contributed by atoms with Gasteiger partial charge in [0.05, 0.1) is 4.88 Å². The highest BCUT2D eigenvalue weighted by molar-refractivity contribution is 9.10. The predicted molar refractivity (Wildman–Crippen MR) is 95.9 cm³/mol. The molecule has 1 saturated heterocycles. The van der Waals surface area contributed by atoms with Gasteiger partial charge in [-0.15, -0.1) is 11.3 Å². The molecule has 1 aromatic carbocycles.